The molecule has 0 aromatic rings. The quantitative estimate of drug-likeness (QED) is 0.420. The topological polar surface area (TPSA) is 26.3 Å². The molecule has 11 heavy (non-hydrogen) atoms. The smallest absolute Gasteiger partial charge is 0.234 e. The predicted octanol–water partition coefficient (Wildman–Crippen LogP) is 1.52. The number of rotatable bonds is 1. The van der Waals surface area contributed by atoms with E-state index in [9.17, 15) is 4.79 Å². The molecule has 0 aliphatic rings. The summed E-state index contributed by atoms with van der Waals surface area (Å²) >= 11 is 0. The summed E-state index contributed by atoms with van der Waals surface area (Å²) in [7, 11) is 1.43. The Morgan fingerprint density at radius 1 is 1.27 bits per heavy atom. The first-order chi connectivity index (χ1) is 5.09. The van der Waals surface area contributed by atoms with Gasteiger partial charge in [0.2, 0.25) is 5.78 Å². The van der Waals surface area contributed by atoms with Gasteiger partial charge in [-0.15, -0.1) is 0 Å². The van der Waals surface area contributed by atoms with Crippen molar-refractivity contribution in [3.63, 3.8) is 0 Å². The van der Waals surface area contributed by atoms with E-state index >= 15 is 0 Å². The van der Waals surface area contributed by atoms with E-state index in [1.807, 2.05) is 13.8 Å². The van der Waals surface area contributed by atoms with Gasteiger partial charge in [0.05, 0.1) is 7.11 Å². The molecule has 0 fully saturated rings. The molecule has 0 unspecified atom stereocenters. The van der Waals surface area contributed by atoms with Gasteiger partial charge in [-0.2, -0.15) is 0 Å². The molecular weight excluding hydrogens is 140 g/mol. The maximum Gasteiger partial charge on any atom is 0.234 e. The first kappa shape index (κ1) is 9.77. The van der Waals surface area contributed by atoms with Crippen molar-refractivity contribution in [1.29, 1.82) is 0 Å². The van der Waals surface area contributed by atoms with Crippen LogP contribution >= 0.6 is 0 Å². The zero-order valence-corrected chi connectivity index (χ0v) is 7.32. The molecule has 60 valence electrons. The summed E-state index contributed by atoms with van der Waals surface area (Å²) in [6.45, 7) is 5.51. The van der Waals surface area contributed by atoms with Crippen molar-refractivity contribution in [3.8, 4) is 12.0 Å². The van der Waals surface area contributed by atoms with E-state index in [0.29, 0.717) is 5.57 Å². The minimum atomic E-state index is -0.174. The summed E-state index contributed by atoms with van der Waals surface area (Å²) < 4.78 is 4.44. The van der Waals surface area contributed by atoms with Crippen LogP contribution in [0.5, 0.6) is 0 Å². The average Bonchev–Trinajstić information content (AvgIpc) is 1.98. The van der Waals surface area contributed by atoms with Crippen molar-refractivity contribution in [1.82, 2.24) is 0 Å². The Labute approximate surface area is 67.2 Å². The molecule has 0 spiro atoms. The molecule has 0 bridgehead atoms. The number of methoxy groups -OCH3 is 1. The summed E-state index contributed by atoms with van der Waals surface area (Å²) in [5.41, 5.74) is 1.68. The lowest BCUT2D eigenvalue weighted by Crippen LogP contribution is -1.96. The van der Waals surface area contributed by atoms with E-state index in [1.54, 1.807) is 6.92 Å². The third kappa shape index (κ3) is 3.47. The fourth-order valence-electron chi connectivity index (χ4n) is 0.418. The van der Waals surface area contributed by atoms with E-state index in [-0.39, 0.29) is 5.78 Å². The lowest BCUT2D eigenvalue weighted by molar-refractivity contribution is -0.110. The lowest BCUT2D eigenvalue weighted by Gasteiger charge is -1.93. The van der Waals surface area contributed by atoms with Crippen molar-refractivity contribution < 1.29 is 9.53 Å². The molecule has 0 aliphatic heterocycles. The first-order valence-electron chi connectivity index (χ1n) is 3.32. The maximum atomic E-state index is 11.0. The van der Waals surface area contributed by atoms with Gasteiger partial charge in [0.15, 0.2) is 0 Å². The number of ether oxygens (including phenoxy) is 1. The standard InChI is InChI=1S/C9H12O2/c1-7(2)8(3)9(10)5-6-11-4/h1-4H3. The highest BCUT2D eigenvalue weighted by atomic mass is 16.5. The van der Waals surface area contributed by atoms with Crippen LogP contribution in [0, 0.1) is 12.0 Å². The third-order valence-electron chi connectivity index (χ3n) is 1.36. The van der Waals surface area contributed by atoms with Crippen LogP contribution in [-0.4, -0.2) is 12.9 Å². The van der Waals surface area contributed by atoms with E-state index < -0.39 is 0 Å². The van der Waals surface area contributed by atoms with Gasteiger partial charge in [-0.25, -0.2) is 0 Å². The summed E-state index contributed by atoms with van der Waals surface area (Å²) in [6.07, 6.45) is 2.25. The highest BCUT2D eigenvalue weighted by Crippen LogP contribution is 2.01. The van der Waals surface area contributed by atoms with E-state index in [4.69, 9.17) is 0 Å². The summed E-state index contributed by atoms with van der Waals surface area (Å²) in [5.74, 6) is 2.17. The van der Waals surface area contributed by atoms with Crippen LogP contribution in [0.15, 0.2) is 11.1 Å². The number of carbonyl (C=O) groups excluding carboxylic acids is 1. The van der Waals surface area contributed by atoms with Gasteiger partial charge in [0.25, 0.3) is 0 Å². The van der Waals surface area contributed by atoms with Crippen molar-refractivity contribution in [2.24, 2.45) is 0 Å². The number of carbonyl (C=O) groups is 1. The normalized spacial score (nSPS) is 7.64. The van der Waals surface area contributed by atoms with Crippen molar-refractivity contribution in [2.75, 3.05) is 7.11 Å². The van der Waals surface area contributed by atoms with Crippen LogP contribution in [0.25, 0.3) is 0 Å². The SMILES string of the molecule is COC#CC(=O)C(C)=C(C)C. The van der Waals surface area contributed by atoms with Gasteiger partial charge in [-0.1, -0.05) is 5.57 Å². The molecule has 0 heterocycles. The molecular formula is C9H12O2. The van der Waals surface area contributed by atoms with Crippen LogP contribution in [0.4, 0.5) is 0 Å². The Balaban J connectivity index is 4.40. The zero-order chi connectivity index (χ0) is 8.85. The Kier molecular flexibility index (Phi) is 4.05. The average molecular weight is 152 g/mol. The van der Waals surface area contributed by atoms with Gasteiger partial charge < -0.3 is 4.74 Å². The predicted molar refractivity (Wildman–Crippen MR) is 43.8 cm³/mol. The molecule has 0 atom stereocenters. The fraction of sp³-hybridized carbons (Fsp3) is 0.444. The molecule has 0 amide bonds. The Morgan fingerprint density at radius 2 is 1.82 bits per heavy atom. The van der Waals surface area contributed by atoms with Gasteiger partial charge in [0, 0.05) is 11.5 Å². The Morgan fingerprint density at radius 3 is 2.18 bits per heavy atom. The number of allylic oxidation sites excluding steroid dienone is 2. The molecule has 2 nitrogen and oxygen atoms in total. The van der Waals surface area contributed by atoms with Crippen molar-refractivity contribution in [2.45, 2.75) is 20.8 Å². The number of Topliss-reactive ketones (excluding diaryl/α,β-unsaturated/α-hetero) is 1. The fourth-order valence-corrected chi connectivity index (χ4v) is 0.418. The molecule has 0 aromatic carbocycles. The molecule has 2 heteroatoms. The lowest BCUT2D eigenvalue weighted by atomic mass is 10.1. The second-order valence-corrected chi connectivity index (χ2v) is 2.39. The highest BCUT2D eigenvalue weighted by Gasteiger charge is 2.00. The highest BCUT2D eigenvalue weighted by molar-refractivity contribution is 6.08. The molecule has 0 N–H and O–H groups in total. The monoisotopic (exact) mass is 152 g/mol. The zero-order valence-electron chi connectivity index (χ0n) is 7.32. The Hall–Kier alpha value is -1.23. The number of ketones is 1. The molecule has 0 aliphatic carbocycles. The van der Waals surface area contributed by atoms with Crippen LogP contribution in [-0.2, 0) is 9.53 Å². The van der Waals surface area contributed by atoms with Gasteiger partial charge in [-0.05, 0) is 20.8 Å². The minimum Gasteiger partial charge on any atom is -0.450 e. The van der Waals surface area contributed by atoms with Crippen LogP contribution in [0.3, 0.4) is 0 Å². The molecule has 0 saturated heterocycles. The first-order valence-corrected chi connectivity index (χ1v) is 3.32. The molecule has 0 radical (unpaired) electrons. The van der Waals surface area contributed by atoms with Crippen LogP contribution in [0.1, 0.15) is 20.8 Å². The van der Waals surface area contributed by atoms with Crippen LogP contribution in [0.2, 0.25) is 0 Å². The summed E-state index contributed by atoms with van der Waals surface area (Å²) in [6, 6.07) is 0. The van der Waals surface area contributed by atoms with Crippen molar-refractivity contribution in [3.05, 3.63) is 11.1 Å². The summed E-state index contributed by atoms with van der Waals surface area (Å²) in [5, 5.41) is 0. The van der Waals surface area contributed by atoms with Gasteiger partial charge in [-0.3, -0.25) is 4.79 Å². The minimum absolute atomic E-state index is 0.174. The second-order valence-electron chi connectivity index (χ2n) is 2.39. The number of hydrogen-bond acceptors (Lipinski definition) is 2. The summed E-state index contributed by atoms with van der Waals surface area (Å²) in [4.78, 5) is 11.0. The van der Waals surface area contributed by atoms with Gasteiger partial charge in [0.1, 0.15) is 6.11 Å². The maximum absolute atomic E-state index is 11.0. The van der Waals surface area contributed by atoms with Gasteiger partial charge >= 0.3 is 0 Å². The number of hydrogen-bond donors (Lipinski definition) is 0. The third-order valence-corrected chi connectivity index (χ3v) is 1.36. The van der Waals surface area contributed by atoms with E-state index in [0.717, 1.165) is 5.57 Å². The molecule has 0 saturated carbocycles. The largest absolute Gasteiger partial charge is 0.450 e. The second kappa shape index (κ2) is 4.56. The van der Waals surface area contributed by atoms with E-state index in [1.165, 1.54) is 7.11 Å². The van der Waals surface area contributed by atoms with Crippen molar-refractivity contribution >= 4 is 5.78 Å². The molecule has 0 rings (SSSR count). The van der Waals surface area contributed by atoms with Crippen LogP contribution < -0.4 is 0 Å². The molecule has 0 aromatic heterocycles. The van der Waals surface area contributed by atoms with E-state index in [2.05, 4.69) is 16.8 Å². The Bertz CT molecular complexity index is 234.